The van der Waals surface area contributed by atoms with Gasteiger partial charge in [-0.05, 0) is 47.7 Å². The van der Waals surface area contributed by atoms with E-state index in [1.54, 1.807) is 0 Å². The molecule has 3 heteroatoms. The second kappa shape index (κ2) is 8.74. The molecule has 0 aliphatic carbocycles. The molecule has 0 bridgehead atoms. The first-order chi connectivity index (χ1) is 11.5. The molecule has 0 aliphatic heterocycles. The molecule has 2 rings (SSSR count). The molecule has 24 heavy (non-hydrogen) atoms. The zero-order valence-electron chi connectivity index (χ0n) is 15.3. The summed E-state index contributed by atoms with van der Waals surface area (Å²) >= 11 is 0. The van der Waals surface area contributed by atoms with Gasteiger partial charge in [-0.25, -0.2) is 0 Å². The van der Waals surface area contributed by atoms with Gasteiger partial charge in [0.1, 0.15) is 12.4 Å². The van der Waals surface area contributed by atoms with Gasteiger partial charge in [0.05, 0.1) is 6.61 Å². The fraction of sp³-hybridized carbons (Fsp3) is 0.429. The Bertz CT molecular complexity index is 597. The summed E-state index contributed by atoms with van der Waals surface area (Å²) in [4.78, 5) is 0. The van der Waals surface area contributed by atoms with E-state index in [4.69, 9.17) is 9.47 Å². The monoisotopic (exact) mass is 327 g/mol. The molecule has 0 heterocycles. The minimum Gasteiger partial charge on any atom is -0.491 e. The molecular weight excluding hydrogens is 298 g/mol. The minimum atomic E-state index is 0.198. The lowest BCUT2D eigenvalue weighted by atomic mass is 9.87. The summed E-state index contributed by atoms with van der Waals surface area (Å²) in [6.07, 6.45) is 0. The molecule has 0 amide bonds. The Morgan fingerprint density at radius 3 is 2.12 bits per heavy atom. The summed E-state index contributed by atoms with van der Waals surface area (Å²) in [6.45, 7) is 11.4. The van der Waals surface area contributed by atoms with E-state index < -0.39 is 0 Å². The van der Waals surface area contributed by atoms with Crippen molar-refractivity contribution in [3.8, 4) is 5.75 Å². The van der Waals surface area contributed by atoms with Gasteiger partial charge in [0.25, 0.3) is 0 Å². The van der Waals surface area contributed by atoms with Crippen LogP contribution in [0.4, 0.5) is 5.69 Å². The predicted octanol–water partition coefficient (Wildman–Crippen LogP) is 5.01. The van der Waals surface area contributed by atoms with Crippen LogP contribution in [0.1, 0.15) is 38.8 Å². The SMILES string of the molecule is CCOCCOc1ccc(NCc2ccc(C(C)(C)C)cc2)cc1. The average Bonchev–Trinajstić information content (AvgIpc) is 2.57. The van der Waals surface area contributed by atoms with Gasteiger partial charge in [-0.15, -0.1) is 0 Å². The lowest BCUT2D eigenvalue weighted by Gasteiger charge is -2.19. The summed E-state index contributed by atoms with van der Waals surface area (Å²) in [5, 5.41) is 3.44. The molecule has 0 spiro atoms. The number of anilines is 1. The first-order valence-electron chi connectivity index (χ1n) is 8.63. The van der Waals surface area contributed by atoms with Crippen molar-refractivity contribution in [2.24, 2.45) is 0 Å². The maximum Gasteiger partial charge on any atom is 0.119 e. The van der Waals surface area contributed by atoms with Crippen molar-refractivity contribution in [1.29, 1.82) is 0 Å². The van der Waals surface area contributed by atoms with Gasteiger partial charge in [0.2, 0.25) is 0 Å². The Kier molecular flexibility index (Phi) is 6.68. The Morgan fingerprint density at radius 1 is 0.875 bits per heavy atom. The predicted molar refractivity (Wildman–Crippen MR) is 101 cm³/mol. The minimum absolute atomic E-state index is 0.198. The van der Waals surface area contributed by atoms with E-state index in [0.29, 0.717) is 13.2 Å². The van der Waals surface area contributed by atoms with Crippen molar-refractivity contribution in [3.05, 3.63) is 59.7 Å². The summed E-state index contributed by atoms with van der Waals surface area (Å²) in [7, 11) is 0. The zero-order chi connectivity index (χ0) is 17.4. The lowest BCUT2D eigenvalue weighted by molar-refractivity contribution is 0.110. The van der Waals surface area contributed by atoms with E-state index in [1.807, 2.05) is 31.2 Å². The lowest BCUT2D eigenvalue weighted by Crippen LogP contribution is -2.11. The first kappa shape index (κ1) is 18.3. The normalized spacial score (nSPS) is 11.3. The van der Waals surface area contributed by atoms with Crippen LogP contribution in [-0.2, 0) is 16.7 Å². The molecule has 0 atom stereocenters. The van der Waals surface area contributed by atoms with Crippen LogP contribution in [-0.4, -0.2) is 19.8 Å². The van der Waals surface area contributed by atoms with Crippen molar-refractivity contribution in [3.63, 3.8) is 0 Å². The van der Waals surface area contributed by atoms with Crippen LogP contribution >= 0.6 is 0 Å². The van der Waals surface area contributed by atoms with E-state index in [-0.39, 0.29) is 5.41 Å². The third-order valence-corrected chi connectivity index (χ3v) is 3.87. The number of benzene rings is 2. The van der Waals surface area contributed by atoms with Crippen LogP contribution in [0.5, 0.6) is 5.75 Å². The first-order valence-corrected chi connectivity index (χ1v) is 8.63. The molecule has 0 fully saturated rings. The quantitative estimate of drug-likeness (QED) is 0.691. The standard InChI is InChI=1S/C21H29NO2/c1-5-23-14-15-24-20-12-10-19(11-13-20)22-16-17-6-8-18(9-7-17)21(2,3)4/h6-13,22H,5,14-16H2,1-4H3. The Morgan fingerprint density at radius 2 is 1.54 bits per heavy atom. The van der Waals surface area contributed by atoms with E-state index in [0.717, 1.165) is 24.6 Å². The van der Waals surface area contributed by atoms with Crippen molar-refractivity contribution in [2.45, 2.75) is 39.7 Å². The fourth-order valence-corrected chi connectivity index (χ4v) is 2.36. The Balaban J connectivity index is 1.81. The highest BCUT2D eigenvalue weighted by Gasteiger charge is 2.12. The van der Waals surface area contributed by atoms with Gasteiger partial charge in [0.15, 0.2) is 0 Å². The number of hydrogen-bond acceptors (Lipinski definition) is 3. The van der Waals surface area contributed by atoms with Crippen LogP contribution in [0.2, 0.25) is 0 Å². The van der Waals surface area contributed by atoms with Crippen LogP contribution in [0.3, 0.4) is 0 Å². The van der Waals surface area contributed by atoms with Crippen LogP contribution in [0, 0.1) is 0 Å². The Hall–Kier alpha value is -2.00. The van der Waals surface area contributed by atoms with Crippen LogP contribution < -0.4 is 10.1 Å². The molecule has 2 aromatic rings. The van der Waals surface area contributed by atoms with Crippen LogP contribution in [0.25, 0.3) is 0 Å². The molecule has 0 saturated carbocycles. The van der Waals surface area contributed by atoms with E-state index in [1.165, 1.54) is 11.1 Å². The highest BCUT2D eigenvalue weighted by Crippen LogP contribution is 2.22. The second-order valence-corrected chi connectivity index (χ2v) is 6.87. The second-order valence-electron chi connectivity index (χ2n) is 6.87. The molecule has 0 aromatic heterocycles. The molecule has 0 radical (unpaired) electrons. The Labute approximate surface area is 146 Å². The molecule has 0 aliphatic rings. The smallest absolute Gasteiger partial charge is 0.119 e. The summed E-state index contributed by atoms with van der Waals surface area (Å²) in [5.41, 5.74) is 3.93. The highest BCUT2D eigenvalue weighted by atomic mass is 16.5. The van der Waals surface area contributed by atoms with Gasteiger partial charge in [-0.3, -0.25) is 0 Å². The maximum absolute atomic E-state index is 5.62. The third kappa shape index (κ3) is 5.89. The molecular formula is C21H29NO2. The van der Waals surface area contributed by atoms with Gasteiger partial charge in [-0.1, -0.05) is 45.0 Å². The summed E-state index contributed by atoms with van der Waals surface area (Å²) in [5.74, 6) is 0.870. The number of rotatable bonds is 8. The van der Waals surface area contributed by atoms with E-state index >= 15 is 0 Å². The van der Waals surface area contributed by atoms with E-state index in [9.17, 15) is 0 Å². The summed E-state index contributed by atoms with van der Waals surface area (Å²) in [6, 6.07) is 16.9. The molecule has 130 valence electrons. The topological polar surface area (TPSA) is 30.5 Å². The largest absolute Gasteiger partial charge is 0.491 e. The molecule has 0 saturated heterocycles. The van der Waals surface area contributed by atoms with Gasteiger partial charge in [-0.2, -0.15) is 0 Å². The fourth-order valence-electron chi connectivity index (χ4n) is 2.36. The number of ether oxygens (including phenoxy) is 2. The van der Waals surface area contributed by atoms with Gasteiger partial charge >= 0.3 is 0 Å². The molecule has 1 N–H and O–H groups in total. The van der Waals surface area contributed by atoms with Gasteiger partial charge in [0, 0.05) is 18.8 Å². The average molecular weight is 327 g/mol. The van der Waals surface area contributed by atoms with Crippen molar-refractivity contribution in [2.75, 3.05) is 25.1 Å². The molecule has 3 nitrogen and oxygen atoms in total. The zero-order valence-corrected chi connectivity index (χ0v) is 15.3. The summed E-state index contributed by atoms with van der Waals surface area (Å²) < 4.78 is 10.9. The number of nitrogens with one attached hydrogen (secondary N) is 1. The molecule has 2 aromatic carbocycles. The van der Waals surface area contributed by atoms with Crippen molar-refractivity contribution < 1.29 is 9.47 Å². The van der Waals surface area contributed by atoms with Crippen molar-refractivity contribution in [1.82, 2.24) is 0 Å². The third-order valence-electron chi connectivity index (χ3n) is 3.87. The maximum atomic E-state index is 5.62. The molecule has 0 unspecified atom stereocenters. The van der Waals surface area contributed by atoms with Crippen molar-refractivity contribution >= 4 is 5.69 Å². The number of hydrogen-bond donors (Lipinski definition) is 1. The highest BCUT2D eigenvalue weighted by molar-refractivity contribution is 5.47. The van der Waals surface area contributed by atoms with Crippen LogP contribution in [0.15, 0.2) is 48.5 Å². The van der Waals surface area contributed by atoms with Gasteiger partial charge < -0.3 is 14.8 Å². The van der Waals surface area contributed by atoms with E-state index in [2.05, 4.69) is 50.4 Å².